The van der Waals surface area contributed by atoms with Gasteiger partial charge in [0.1, 0.15) is 10.8 Å². The number of hydrogen-bond donors (Lipinski definition) is 1. The van der Waals surface area contributed by atoms with E-state index in [0.717, 1.165) is 16.0 Å². The van der Waals surface area contributed by atoms with E-state index in [1.807, 2.05) is 54.6 Å². The van der Waals surface area contributed by atoms with Gasteiger partial charge in [0.2, 0.25) is 0 Å². The minimum atomic E-state index is -0.461. The Morgan fingerprint density at radius 1 is 1.03 bits per heavy atom. The minimum absolute atomic E-state index is 0.148. The molecule has 2 aromatic carbocycles. The summed E-state index contributed by atoms with van der Waals surface area (Å²) in [4.78, 5) is 25.8. The van der Waals surface area contributed by atoms with Crippen molar-refractivity contribution >= 4 is 28.2 Å². The summed E-state index contributed by atoms with van der Waals surface area (Å²) in [7, 11) is 0. The van der Waals surface area contributed by atoms with Crippen molar-refractivity contribution in [1.82, 2.24) is 0 Å². The lowest BCUT2D eigenvalue weighted by Gasteiger charge is -2.13. The number of benzene rings is 2. The average molecular weight is 424 g/mol. The third-order valence-corrected chi connectivity index (χ3v) is 5.54. The minimum Gasteiger partial charge on any atom is -0.483 e. The van der Waals surface area contributed by atoms with Crippen molar-refractivity contribution in [2.45, 2.75) is 26.7 Å². The van der Waals surface area contributed by atoms with Gasteiger partial charge in [0.15, 0.2) is 6.61 Å². The van der Waals surface area contributed by atoms with Crippen molar-refractivity contribution in [2.24, 2.45) is 0 Å². The number of carbonyl (C=O) groups excluding carboxylic acids is 2. The summed E-state index contributed by atoms with van der Waals surface area (Å²) in [5, 5.41) is 3.27. The van der Waals surface area contributed by atoms with Gasteiger partial charge in [-0.1, -0.05) is 62.4 Å². The van der Waals surface area contributed by atoms with Gasteiger partial charge in [0, 0.05) is 4.88 Å². The zero-order chi connectivity index (χ0) is 21.5. The number of carbonyl (C=O) groups is 2. The maximum absolute atomic E-state index is 12.6. The highest BCUT2D eigenvalue weighted by Crippen LogP contribution is 2.36. The van der Waals surface area contributed by atoms with E-state index in [0.29, 0.717) is 16.3 Å². The molecule has 30 heavy (non-hydrogen) atoms. The summed E-state index contributed by atoms with van der Waals surface area (Å²) in [6.45, 7) is 6.01. The molecular weight excluding hydrogens is 398 g/mol. The summed E-state index contributed by atoms with van der Waals surface area (Å²) in [6.07, 6.45) is 0. The molecule has 0 radical (unpaired) electrons. The summed E-state index contributed by atoms with van der Waals surface area (Å²) in [5.41, 5.74) is 2.35. The van der Waals surface area contributed by atoms with E-state index in [1.165, 1.54) is 11.3 Å². The summed E-state index contributed by atoms with van der Waals surface area (Å²) >= 11 is 1.34. The highest BCUT2D eigenvalue weighted by atomic mass is 32.1. The monoisotopic (exact) mass is 423 g/mol. The topological polar surface area (TPSA) is 64.6 Å². The smallest absolute Gasteiger partial charge is 0.341 e. The predicted octanol–water partition coefficient (Wildman–Crippen LogP) is 5.73. The van der Waals surface area contributed by atoms with E-state index in [-0.39, 0.29) is 25.0 Å². The second-order valence-electron chi connectivity index (χ2n) is 6.97. The Kier molecular flexibility index (Phi) is 7.25. The molecule has 1 N–H and O–H groups in total. The molecule has 156 valence electrons. The number of thiophene rings is 1. The fourth-order valence-corrected chi connectivity index (χ4v) is 4.05. The van der Waals surface area contributed by atoms with Crippen LogP contribution >= 0.6 is 11.3 Å². The lowest BCUT2D eigenvalue weighted by atomic mass is 10.0. The summed E-state index contributed by atoms with van der Waals surface area (Å²) in [5.74, 6) is 0.174. The van der Waals surface area contributed by atoms with Crippen molar-refractivity contribution in [3.63, 3.8) is 0 Å². The number of anilines is 1. The van der Waals surface area contributed by atoms with E-state index >= 15 is 0 Å². The maximum Gasteiger partial charge on any atom is 0.341 e. The average Bonchev–Trinajstić information content (AvgIpc) is 3.17. The Morgan fingerprint density at radius 3 is 2.43 bits per heavy atom. The van der Waals surface area contributed by atoms with E-state index in [1.54, 1.807) is 13.0 Å². The van der Waals surface area contributed by atoms with Gasteiger partial charge in [0.05, 0.1) is 12.2 Å². The van der Waals surface area contributed by atoms with Gasteiger partial charge in [-0.05, 0) is 36.1 Å². The lowest BCUT2D eigenvalue weighted by molar-refractivity contribution is -0.118. The van der Waals surface area contributed by atoms with Crippen LogP contribution in [-0.4, -0.2) is 25.1 Å². The molecule has 3 aromatic rings. The molecule has 0 spiro atoms. The third-order valence-electron chi connectivity index (χ3n) is 4.44. The van der Waals surface area contributed by atoms with Crippen LogP contribution in [0.2, 0.25) is 0 Å². The van der Waals surface area contributed by atoms with E-state index in [2.05, 4.69) is 19.2 Å². The lowest BCUT2D eigenvalue weighted by Crippen LogP contribution is -2.21. The first-order valence-corrected chi connectivity index (χ1v) is 10.7. The van der Waals surface area contributed by atoms with Crippen LogP contribution in [-0.2, 0) is 9.53 Å². The van der Waals surface area contributed by atoms with Crippen LogP contribution in [0, 0.1) is 0 Å². The number of para-hydroxylation sites is 1. The van der Waals surface area contributed by atoms with Crippen LogP contribution in [0.1, 0.15) is 42.6 Å². The SMILES string of the molecule is CCOC(=O)c1cc(-c2ccccc2)sc1NC(=O)COc1ccccc1C(C)C. The Labute approximate surface area is 180 Å². The second kappa shape index (κ2) is 10.1. The molecule has 1 amide bonds. The number of nitrogens with one attached hydrogen (secondary N) is 1. The fourth-order valence-electron chi connectivity index (χ4n) is 2.98. The summed E-state index contributed by atoms with van der Waals surface area (Å²) in [6, 6.07) is 19.1. The van der Waals surface area contributed by atoms with Crippen LogP contribution in [0.5, 0.6) is 5.75 Å². The van der Waals surface area contributed by atoms with E-state index in [4.69, 9.17) is 9.47 Å². The van der Waals surface area contributed by atoms with Gasteiger partial charge in [-0.25, -0.2) is 4.79 Å². The Morgan fingerprint density at radius 2 is 1.73 bits per heavy atom. The number of hydrogen-bond acceptors (Lipinski definition) is 5. The Hall–Kier alpha value is -3.12. The van der Waals surface area contributed by atoms with Gasteiger partial charge in [-0.3, -0.25) is 4.79 Å². The van der Waals surface area contributed by atoms with Crippen molar-refractivity contribution in [3.8, 4) is 16.2 Å². The second-order valence-corrected chi connectivity index (χ2v) is 8.02. The maximum atomic E-state index is 12.6. The fraction of sp³-hybridized carbons (Fsp3) is 0.250. The molecule has 0 aliphatic rings. The molecule has 0 aliphatic carbocycles. The van der Waals surface area contributed by atoms with Crippen molar-refractivity contribution in [1.29, 1.82) is 0 Å². The van der Waals surface area contributed by atoms with Crippen molar-refractivity contribution in [3.05, 3.63) is 71.8 Å². The van der Waals surface area contributed by atoms with Crippen molar-refractivity contribution in [2.75, 3.05) is 18.5 Å². The highest BCUT2D eigenvalue weighted by Gasteiger charge is 2.20. The van der Waals surface area contributed by atoms with E-state index < -0.39 is 5.97 Å². The molecule has 0 fully saturated rings. The molecule has 0 saturated heterocycles. The van der Waals surface area contributed by atoms with Crippen LogP contribution in [0.15, 0.2) is 60.7 Å². The molecule has 0 unspecified atom stereocenters. The number of esters is 1. The van der Waals surface area contributed by atoms with Crippen molar-refractivity contribution < 1.29 is 19.1 Å². The van der Waals surface area contributed by atoms with Gasteiger partial charge >= 0.3 is 5.97 Å². The molecule has 1 aromatic heterocycles. The largest absolute Gasteiger partial charge is 0.483 e. The molecule has 0 atom stereocenters. The van der Waals surface area contributed by atoms with Gasteiger partial charge in [-0.15, -0.1) is 11.3 Å². The normalized spacial score (nSPS) is 10.7. The van der Waals surface area contributed by atoms with Crippen LogP contribution in [0.25, 0.3) is 10.4 Å². The quantitative estimate of drug-likeness (QED) is 0.470. The van der Waals surface area contributed by atoms with Gasteiger partial charge in [0.25, 0.3) is 5.91 Å². The zero-order valence-electron chi connectivity index (χ0n) is 17.3. The van der Waals surface area contributed by atoms with Gasteiger partial charge < -0.3 is 14.8 Å². The first kappa shape index (κ1) is 21.6. The first-order valence-electron chi connectivity index (χ1n) is 9.87. The van der Waals surface area contributed by atoms with E-state index in [9.17, 15) is 9.59 Å². The van der Waals surface area contributed by atoms with Gasteiger partial charge in [-0.2, -0.15) is 0 Å². The first-order chi connectivity index (χ1) is 14.5. The van der Waals surface area contributed by atoms with Crippen LogP contribution < -0.4 is 10.1 Å². The van der Waals surface area contributed by atoms with Crippen LogP contribution in [0.3, 0.4) is 0 Å². The zero-order valence-corrected chi connectivity index (χ0v) is 18.1. The van der Waals surface area contributed by atoms with Crippen LogP contribution in [0.4, 0.5) is 5.00 Å². The molecular formula is C24H25NO4S. The number of ether oxygens (including phenoxy) is 2. The molecule has 1 heterocycles. The standard InChI is InChI=1S/C24H25NO4S/c1-4-28-24(27)19-14-21(17-10-6-5-7-11-17)30-23(19)25-22(26)15-29-20-13-9-8-12-18(20)16(2)3/h5-14,16H,4,15H2,1-3H3,(H,25,26). The number of rotatable bonds is 8. The molecule has 3 rings (SSSR count). The number of amides is 1. The molecule has 0 bridgehead atoms. The molecule has 0 saturated carbocycles. The highest BCUT2D eigenvalue weighted by molar-refractivity contribution is 7.20. The third kappa shape index (κ3) is 5.27. The molecule has 6 heteroatoms. The molecule has 0 aliphatic heterocycles. The molecule has 5 nitrogen and oxygen atoms in total. The predicted molar refractivity (Wildman–Crippen MR) is 120 cm³/mol. The Balaban J connectivity index is 1.77. The summed E-state index contributed by atoms with van der Waals surface area (Å²) < 4.78 is 10.9. The Bertz CT molecular complexity index is 1010.